The first-order valence-electron chi connectivity index (χ1n) is 6.81. The lowest BCUT2D eigenvalue weighted by atomic mass is 10.0. The van der Waals surface area contributed by atoms with Crippen LogP contribution in [0.4, 0.5) is 0 Å². The maximum Gasteiger partial charge on any atom is 0.272 e. The summed E-state index contributed by atoms with van der Waals surface area (Å²) >= 11 is 0. The van der Waals surface area contributed by atoms with Gasteiger partial charge in [-0.1, -0.05) is 6.07 Å². The van der Waals surface area contributed by atoms with Gasteiger partial charge >= 0.3 is 0 Å². The van der Waals surface area contributed by atoms with E-state index in [1.165, 1.54) is 0 Å². The van der Waals surface area contributed by atoms with Gasteiger partial charge in [0.05, 0.1) is 19.3 Å². The summed E-state index contributed by atoms with van der Waals surface area (Å²) in [5.74, 6) is -0.0237. The quantitative estimate of drug-likeness (QED) is 0.809. The first-order chi connectivity index (χ1) is 9.36. The van der Waals surface area contributed by atoms with E-state index in [0.29, 0.717) is 18.9 Å². The molecule has 1 unspecified atom stereocenters. The fourth-order valence-corrected chi connectivity index (χ4v) is 2.73. The van der Waals surface area contributed by atoms with Crippen LogP contribution in [0.5, 0.6) is 0 Å². The van der Waals surface area contributed by atoms with Crippen molar-refractivity contribution in [3.63, 3.8) is 0 Å². The summed E-state index contributed by atoms with van der Waals surface area (Å²) in [7, 11) is 0. The number of pyridine rings is 1. The van der Waals surface area contributed by atoms with Gasteiger partial charge in [0.2, 0.25) is 0 Å². The number of hydrogen-bond acceptors (Lipinski definition) is 4. The van der Waals surface area contributed by atoms with Crippen LogP contribution in [0.2, 0.25) is 0 Å². The lowest BCUT2D eigenvalue weighted by Gasteiger charge is -2.37. The zero-order chi connectivity index (χ0) is 13.1. The molecule has 0 saturated carbocycles. The molecule has 0 radical (unpaired) electrons. The van der Waals surface area contributed by atoms with E-state index >= 15 is 0 Å². The Morgan fingerprint density at radius 1 is 1.26 bits per heavy atom. The summed E-state index contributed by atoms with van der Waals surface area (Å²) in [5.41, 5.74) is 0.493. The highest BCUT2D eigenvalue weighted by molar-refractivity contribution is 5.92. The van der Waals surface area contributed by atoms with E-state index in [1.54, 1.807) is 12.3 Å². The van der Waals surface area contributed by atoms with Crippen LogP contribution in [0.1, 0.15) is 29.8 Å². The molecule has 2 fully saturated rings. The maximum absolute atomic E-state index is 12.5. The lowest BCUT2D eigenvalue weighted by molar-refractivity contribution is -0.100. The van der Waals surface area contributed by atoms with Crippen molar-refractivity contribution in [3.8, 4) is 0 Å². The summed E-state index contributed by atoms with van der Waals surface area (Å²) in [6.07, 6.45) is 4.45. The topological polar surface area (TPSA) is 51.7 Å². The van der Waals surface area contributed by atoms with Gasteiger partial charge < -0.3 is 14.4 Å². The van der Waals surface area contributed by atoms with E-state index in [4.69, 9.17) is 9.47 Å². The molecule has 1 aromatic rings. The zero-order valence-corrected chi connectivity index (χ0v) is 10.8. The molecule has 1 amide bonds. The Kier molecular flexibility index (Phi) is 3.75. The van der Waals surface area contributed by atoms with Crippen molar-refractivity contribution in [3.05, 3.63) is 30.1 Å². The lowest BCUT2D eigenvalue weighted by Crippen LogP contribution is -2.50. The van der Waals surface area contributed by atoms with E-state index < -0.39 is 0 Å². The molecule has 0 bridgehead atoms. The van der Waals surface area contributed by atoms with Gasteiger partial charge in [0.1, 0.15) is 5.69 Å². The highest BCUT2D eigenvalue weighted by atomic mass is 16.7. The molecule has 5 heteroatoms. The number of ether oxygens (including phenoxy) is 2. The van der Waals surface area contributed by atoms with Crippen molar-refractivity contribution in [2.24, 2.45) is 0 Å². The molecule has 3 heterocycles. The minimum Gasteiger partial charge on any atom is -0.348 e. The van der Waals surface area contributed by atoms with Crippen LogP contribution in [-0.2, 0) is 9.47 Å². The smallest absolute Gasteiger partial charge is 0.272 e. The Bertz CT molecular complexity index is 432. The molecule has 102 valence electrons. The predicted molar refractivity (Wildman–Crippen MR) is 68.6 cm³/mol. The van der Waals surface area contributed by atoms with E-state index in [0.717, 1.165) is 25.8 Å². The minimum absolute atomic E-state index is 0.0192. The van der Waals surface area contributed by atoms with Crippen molar-refractivity contribution in [2.75, 3.05) is 19.8 Å². The Labute approximate surface area is 112 Å². The second-order valence-corrected chi connectivity index (χ2v) is 4.89. The van der Waals surface area contributed by atoms with E-state index in [-0.39, 0.29) is 18.2 Å². The Hall–Kier alpha value is -1.46. The molecule has 0 spiro atoms. The van der Waals surface area contributed by atoms with Crippen molar-refractivity contribution in [1.82, 2.24) is 9.88 Å². The highest BCUT2D eigenvalue weighted by Crippen LogP contribution is 2.25. The normalized spacial score (nSPS) is 24.6. The molecule has 1 aromatic heterocycles. The van der Waals surface area contributed by atoms with E-state index in [9.17, 15) is 4.79 Å². The maximum atomic E-state index is 12.5. The van der Waals surface area contributed by atoms with Gasteiger partial charge in [0, 0.05) is 12.7 Å². The van der Waals surface area contributed by atoms with Gasteiger partial charge in [-0.05, 0) is 31.4 Å². The Morgan fingerprint density at radius 3 is 2.84 bits per heavy atom. The van der Waals surface area contributed by atoms with Crippen molar-refractivity contribution in [2.45, 2.75) is 31.6 Å². The van der Waals surface area contributed by atoms with Crippen molar-refractivity contribution < 1.29 is 14.3 Å². The standard InChI is InChI=1S/C14H18N2O3/c17-13(11-5-1-3-7-15-11)16-8-4-2-6-12(16)14-18-9-10-19-14/h1,3,5,7,12,14H,2,4,6,8-10H2. The van der Waals surface area contributed by atoms with Crippen molar-refractivity contribution >= 4 is 5.91 Å². The summed E-state index contributed by atoms with van der Waals surface area (Å²) in [5, 5.41) is 0. The number of rotatable bonds is 2. The molecule has 19 heavy (non-hydrogen) atoms. The second kappa shape index (κ2) is 5.67. The number of piperidine rings is 1. The molecule has 3 rings (SSSR count). The van der Waals surface area contributed by atoms with E-state index in [1.807, 2.05) is 17.0 Å². The average molecular weight is 262 g/mol. The summed E-state index contributed by atoms with van der Waals surface area (Å²) in [6, 6.07) is 5.42. The van der Waals surface area contributed by atoms with Crippen molar-refractivity contribution in [1.29, 1.82) is 0 Å². The zero-order valence-electron chi connectivity index (χ0n) is 10.8. The number of carbonyl (C=O) groups is 1. The van der Waals surface area contributed by atoms with Crippen LogP contribution in [-0.4, -0.2) is 47.9 Å². The number of aromatic nitrogens is 1. The summed E-state index contributed by atoms with van der Waals surface area (Å²) in [4.78, 5) is 18.5. The fourth-order valence-electron chi connectivity index (χ4n) is 2.73. The molecule has 0 aromatic carbocycles. The van der Waals surface area contributed by atoms with Gasteiger partial charge in [0.15, 0.2) is 6.29 Å². The molecular formula is C14H18N2O3. The third-order valence-corrected chi connectivity index (χ3v) is 3.66. The molecular weight excluding hydrogens is 244 g/mol. The van der Waals surface area contributed by atoms with Crippen LogP contribution in [0.25, 0.3) is 0 Å². The predicted octanol–water partition coefficient (Wildman–Crippen LogP) is 1.45. The molecule has 0 N–H and O–H groups in total. The second-order valence-electron chi connectivity index (χ2n) is 4.89. The van der Waals surface area contributed by atoms with Crippen LogP contribution < -0.4 is 0 Å². The third-order valence-electron chi connectivity index (χ3n) is 3.66. The first kappa shape index (κ1) is 12.6. The van der Waals surface area contributed by atoms with Crippen LogP contribution >= 0.6 is 0 Å². The number of hydrogen-bond donors (Lipinski definition) is 0. The Balaban J connectivity index is 1.78. The molecule has 2 saturated heterocycles. The first-order valence-corrected chi connectivity index (χ1v) is 6.81. The van der Waals surface area contributed by atoms with Gasteiger partial charge in [-0.25, -0.2) is 0 Å². The number of amides is 1. The van der Waals surface area contributed by atoms with Crippen LogP contribution in [0.3, 0.4) is 0 Å². The molecule has 1 atom stereocenters. The third kappa shape index (κ3) is 2.62. The molecule has 0 aliphatic carbocycles. The van der Waals surface area contributed by atoms with Gasteiger partial charge in [-0.3, -0.25) is 9.78 Å². The van der Waals surface area contributed by atoms with E-state index in [2.05, 4.69) is 4.98 Å². The fraction of sp³-hybridized carbons (Fsp3) is 0.571. The molecule has 2 aliphatic heterocycles. The monoisotopic (exact) mass is 262 g/mol. The van der Waals surface area contributed by atoms with Crippen LogP contribution in [0, 0.1) is 0 Å². The Morgan fingerprint density at radius 2 is 2.11 bits per heavy atom. The number of likely N-dealkylation sites (tertiary alicyclic amines) is 1. The van der Waals surface area contributed by atoms with Crippen LogP contribution in [0.15, 0.2) is 24.4 Å². The largest absolute Gasteiger partial charge is 0.348 e. The highest BCUT2D eigenvalue weighted by Gasteiger charge is 2.36. The summed E-state index contributed by atoms with van der Waals surface area (Å²) < 4.78 is 11.1. The summed E-state index contributed by atoms with van der Waals surface area (Å²) in [6.45, 7) is 1.99. The van der Waals surface area contributed by atoms with Gasteiger partial charge in [-0.15, -0.1) is 0 Å². The van der Waals surface area contributed by atoms with Gasteiger partial charge in [-0.2, -0.15) is 0 Å². The minimum atomic E-state index is -0.270. The number of nitrogens with zero attached hydrogens (tertiary/aromatic N) is 2. The SMILES string of the molecule is O=C(c1ccccn1)N1CCCCC1C1OCCO1. The van der Waals surface area contributed by atoms with Gasteiger partial charge in [0.25, 0.3) is 5.91 Å². The number of carbonyl (C=O) groups excluding carboxylic acids is 1. The average Bonchev–Trinajstić information content (AvgIpc) is 3.01. The molecule has 5 nitrogen and oxygen atoms in total. The molecule has 2 aliphatic rings.